The summed E-state index contributed by atoms with van der Waals surface area (Å²) in [5.41, 5.74) is 0.645. The van der Waals surface area contributed by atoms with Crippen molar-refractivity contribution < 1.29 is 23.0 Å². The van der Waals surface area contributed by atoms with Crippen LogP contribution in [0.25, 0.3) is 11.2 Å². The molecule has 0 aromatic carbocycles. The number of carbonyl (C=O) groups excluding carboxylic acids is 1. The first-order valence-corrected chi connectivity index (χ1v) is 10.6. The number of ether oxygens (including phenoxy) is 2. The van der Waals surface area contributed by atoms with Crippen LogP contribution in [0.3, 0.4) is 0 Å². The monoisotopic (exact) mass is 464 g/mol. The highest BCUT2D eigenvalue weighted by molar-refractivity contribution is 5.72. The van der Waals surface area contributed by atoms with Gasteiger partial charge in [-0.2, -0.15) is 13.9 Å². The number of nitrogens with zero attached hydrogens (tertiary/aromatic N) is 6. The van der Waals surface area contributed by atoms with Gasteiger partial charge >= 0.3 is 12.7 Å². The number of amides is 1. The predicted octanol–water partition coefficient (Wildman–Crippen LogP) is 3.54. The SMILES string of the molecule is CC(C)(C)OC(=O)N1CCC[C@H](Cn2ncc3ncc(Nc4cc(OC(F)F)n[nH]4)nc32)C1. The van der Waals surface area contributed by atoms with Gasteiger partial charge in [0.2, 0.25) is 5.88 Å². The van der Waals surface area contributed by atoms with Crippen LogP contribution < -0.4 is 10.1 Å². The molecular formula is C20H26F2N8O3. The molecule has 13 heteroatoms. The summed E-state index contributed by atoms with van der Waals surface area (Å²) in [6.45, 7) is 4.39. The summed E-state index contributed by atoms with van der Waals surface area (Å²) in [5.74, 6) is 0.661. The van der Waals surface area contributed by atoms with Crippen LogP contribution in [0, 0.1) is 5.92 Å². The van der Waals surface area contributed by atoms with Gasteiger partial charge in [0.25, 0.3) is 0 Å². The lowest BCUT2D eigenvalue weighted by atomic mass is 9.98. The Balaban J connectivity index is 1.44. The molecule has 0 saturated carbocycles. The number of hydrogen-bond acceptors (Lipinski definition) is 8. The van der Waals surface area contributed by atoms with E-state index in [4.69, 9.17) is 4.74 Å². The van der Waals surface area contributed by atoms with Crippen molar-refractivity contribution in [3.05, 3.63) is 18.5 Å². The average molecular weight is 464 g/mol. The molecule has 11 nitrogen and oxygen atoms in total. The minimum absolute atomic E-state index is 0.189. The van der Waals surface area contributed by atoms with E-state index >= 15 is 0 Å². The molecule has 3 aromatic heterocycles. The summed E-state index contributed by atoms with van der Waals surface area (Å²) in [6, 6.07) is 1.29. The second kappa shape index (κ2) is 9.16. The maximum absolute atomic E-state index is 12.4. The average Bonchev–Trinajstić information content (AvgIpc) is 3.33. The van der Waals surface area contributed by atoms with Crippen molar-refractivity contribution >= 4 is 28.9 Å². The summed E-state index contributed by atoms with van der Waals surface area (Å²) in [5, 5.41) is 13.5. The third-order valence-electron chi connectivity index (χ3n) is 4.97. The lowest BCUT2D eigenvalue weighted by Gasteiger charge is -2.34. The first-order chi connectivity index (χ1) is 15.7. The van der Waals surface area contributed by atoms with Crippen LogP contribution in [0.4, 0.5) is 25.2 Å². The Labute approximate surface area is 188 Å². The molecule has 0 unspecified atom stereocenters. The van der Waals surface area contributed by atoms with Crippen LogP contribution in [0.15, 0.2) is 18.5 Å². The molecule has 0 spiro atoms. The van der Waals surface area contributed by atoms with Crippen LogP contribution in [-0.4, -0.2) is 66.2 Å². The third-order valence-corrected chi connectivity index (χ3v) is 4.97. The summed E-state index contributed by atoms with van der Waals surface area (Å²) < 4.78 is 36.1. The standard InChI is InChI=1S/C20H26F2N8O3/c1-20(2,3)33-19(31)29-6-4-5-12(10-29)11-30-17-13(8-24-30)23-9-15(26-17)25-14-7-16(28-27-14)32-18(21)22/h7-9,12,18H,4-6,10-11H2,1-3H3,(H2,25,26,27,28)/t12-/m0/s1. The number of rotatable bonds is 6. The van der Waals surface area contributed by atoms with E-state index in [9.17, 15) is 13.6 Å². The Hall–Kier alpha value is -3.51. The van der Waals surface area contributed by atoms with Gasteiger partial charge in [-0.25, -0.2) is 19.4 Å². The molecule has 3 aromatic rings. The van der Waals surface area contributed by atoms with E-state index in [0.29, 0.717) is 42.4 Å². The largest absolute Gasteiger partial charge is 0.444 e. The summed E-state index contributed by atoms with van der Waals surface area (Å²) in [4.78, 5) is 23.1. The fourth-order valence-corrected chi connectivity index (χ4v) is 3.65. The smallest absolute Gasteiger partial charge is 0.410 e. The van der Waals surface area contributed by atoms with Gasteiger partial charge in [-0.1, -0.05) is 0 Å². The maximum Gasteiger partial charge on any atom is 0.410 e. The first-order valence-electron chi connectivity index (χ1n) is 10.6. The minimum Gasteiger partial charge on any atom is -0.444 e. The lowest BCUT2D eigenvalue weighted by Crippen LogP contribution is -2.43. The number of hydrogen-bond donors (Lipinski definition) is 2. The topological polar surface area (TPSA) is 123 Å². The van der Waals surface area contributed by atoms with E-state index in [1.54, 1.807) is 15.8 Å². The summed E-state index contributed by atoms with van der Waals surface area (Å²) >= 11 is 0. The number of anilines is 2. The Bertz CT molecular complexity index is 1110. The molecule has 1 amide bonds. The van der Waals surface area contributed by atoms with E-state index in [0.717, 1.165) is 12.8 Å². The van der Waals surface area contributed by atoms with Crippen molar-refractivity contribution in [2.24, 2.45) is 5.92 Å². The maximum atomic E-state index is 12.4. The second-order valence-electron chi connectivity index (χ2n) is 8.85. The lowest BCUT2D eigenvalue weighted by molar-refractivity contribution is -0.0528. The molecule has 1 saturated heterocycles. The van der Waals surface area contributed by atoms with Crippen molar-refractivity contribution in [3.8, 4) is 5.88 Å². The zero-order valence-corrected chi connectivity index (χ0v) is 18.6. The van der Waals surface area contributed by atoms with Crippen molar-refractivity contribution in [2.75, 3.05) is 18.4 Å². The van der Waals surface area contributed by atoms with E-state index in [-0.39, 0.29) is 17.9 Å². The number of H-pyrrole nitrogens is 1. The van der Waals surface area contributed by atoms with E-state index in [1.807, 2.05) is 20.8 Å². The van der Waals surface area contributed by atoms with Crippen molar-refractivity contribution in [3.63, 3.8) is 0 Å². The highest BCUT2D eigenvalue weighted by Gasteiger charge is 2.28. The van der Waals surface area contributed by atoms with Crippen LogP contribution in [0.1, 0.15) is 33.6 Å². The number of likely N-dealkylation sites (tertiary alicyclic amines) is 1. The predicted molar refractivity (Wildman–Crippen MR) is 114 cm³/mol. The molecule has 1 fully saturated rings. The minimum atomic E-state index is -2.96. The number of fused-ring (bicyclic) bond motifs is 1. The van der Waals surface area contributed by atoms with Gasteiger partial charge in [0, 0.05) is 25.7 Å². The Kier molecular flexibility index (Phi) is 6.29. The third kappa shape index (κ3) is 5.84. The highest BCUT2D eigenvalue weighted by Crippen LogP contribution is 2.23. The number of halogens is 2. The van der Waals surface area contributed by atoms with Crippen molar-refractivity contribution in [2.45, 2.75) is 52.4 Å². The van der Waals surface area contributed by atoms with Crippen LogP contribution >= 0.6 is 0 Å². The van der Waals surface area contributed by atoms with Crippen LogP contribution in [0.5, 0.6) is 5.88 Å². The van der Waals surface area contributed by atoms with E-state index < -0.39 is 12.2 Å². The van der Waals surface area contributed by atoms with Crippen molar-refractivity contribution in [1.29, 1.82) is 0 Å². The number of piperidine rings is 1. The molecule has 4 rings (SSSR count). The molecule has 2 N–H and O–H groups in total. The highest BCUT2D eigenvalue weighted by atomic mass is 19.3. The number of aromatic amines is 1. The quantitative estimate of drug-likeness (QED) is 0.568. The number of aromatic nitrogens is 6. The van der Waals surface area contributed by atoms with Gasteiger partial charge in [0.05, 0.1) is 12.4 Å². The Morgan fingerprint density at radius 3 is 2.94 bits per heavy atom. The summed E-state index contributed by atoms with van der Waals surface area (Å²) in [7, 11) is 0. The Morgan fingerprint density at radius 1 is 1.36 bits per heavy atom. The molecule has 178 valence electrons. The Morgan fingerprint density at radius 2 is 2.18 bits per heavy atom. The molecule has 1 atom stereocenters. The molecule has 4 heterocycles. The van der Waals surface area contributed by atoms with Gasteiger partial charge in [-0.05, 0) is 39.5 Å². The van der Waals surface area contributed by atoms with E-state index in [2.05, 4.69) is 35.3 Å². The van der Waals surface area contributed by atoms with Crippen LogP contribution in [-0.2, 0) is 11.3 Å². The van der Waals surface area contributed by atoms with Crippen LogP contribution in [0.2, 0.25) is 0 Å². The fourth-order valence-electron chi connectivity index (χ4n) is 3.65. The number of alkyl halides is 2. The van der Waals surface area contributed by atoms with Crippen molar-refractivity contribution in [1.82, 2.24) is 34.8 Å². The number of carbonyl (C=O) groups is 1. The van der Waals surface area contributed by atoms with E-state index in [1.165, 1.54) is 12.3 Å². The molecule has 1 aliphatic heterocycles. The molecule has 0 aliphatic carbocycles. The molecule has 0 bridgehead atoms. The van der Waals surface area contributed by atoms with Gasteiger partial charge in [-0.15, -0.1) is 5.10 Å². The number of nitrogens with one attached hydrogen (secondary N) is 2. The zero-order chi connectivity index (χ0) is 23.6. The van der Waals surface area contributed by atoms with Gasteiger partial charge in [0.1, 0.15) is 16.9 Å². The fraction of sp³-hybridized carbons (Fsp3) is 0.550. The zero-order valence-electron chi connectivity index (χ0n) is 18.6. The second-order valence-corrected chi connectivity index (χ2v) is 8.85. The molecule has 1 aliphatic rings. The summed E-state index contributed by atoms with van der Waals surface area (Å²) in [6.07, 6.45) is 4.66. The normalized spacial score (nSPS) is 16.9. The molecular weight excluding hydrogens is 438 g/mol. The van der Waals surface area contributed by atoms with Gasteiger partial charge in [0.15, 0.2) is 11.5 Å². The first kappa shape index (κ1) is 22.7. The van der Waals surface area contributed by atoms with Gasteiger partial charge < -0.3 is 19.7 Å². The molecule has 0 radical (unpaired) electrons. The molecule has 33 heavy (non-hydrogen) atoms. The van der Waals surface area contributed by atoms with Gasteiger partial charge in [-0.3, -0.25) is 5.10 Å².